The standard InChI is InChI=1S/C12H19N5O2S/c1-3-17-8-11(6-10(17)7-13)20(18,19)16-9(2)12-14-4-5-15-12/h4-6,8-9,16H,3,7,13H2,1-2H3,(H,14,15). The number of hydrogen-bond acceptors (Lipinski definition) is 4. The summed E-state index contributed by atoms with van der Waals surface area (Å²) in [6, 6.07) is 1.17. The van der Waals surface area contributed by atoms with Crippen molar-refractivity contribution in [1.29, 1.82) is 0 Å². The van der Waals surface area contributed by atoms with E-state index in [9.17, 15) is 8.42 Å². The van der Waals surface area contributed by atoms with E-state index in [1.807, 2.05) is 11.5 Å². The molecule has 2 aromatic heterocycles. The average molecular weight is 297 g/mol. The van der Waals surface area contributed by atoms with E-state index in [-0.39, 0.29) is 4.90 Å². The summed E-state index contributed by atoms with van der Waals surface area (Å²) in [6.45, 7) is 4.65. The lowest BCUT2D eigenvalue weighted by Crippen LogP contribution is -2.27. The third-order valence-corrected chi connectivity index (χ3v) is 4.59. The van der Waals surface area contributed by atoms with Gasteiger partial charge in [-0.15, -0.1) is 0 Å². The summed E-state index contributed by atoms with van der Waals surface area (Å²) in [5.41, 5.74) is 6.40. The van der Waals surface area contributed by atoms with Gasteiger partial charge in [0.15, 0.2) is 0 Å². The van der Waals surface area contributed by atoms with E-state index in [2.05, 4.69) is 14.7 Å². The molecule has 0 aliphatic heterocycles. The van der Waals surface area contributed by atoms with Crippen molar-refractivity contribution in [2.75, 3.05) is 0 Å². The van der Waals surface area contributed by atoms with E-state index in [0.717, 1.165) is 5.69 Å². The van der Waals surface area contributed by atoms with E-state index >= 15 is 0 Å². The maximum absolute atomic E-state index is 12.3. The van der Waals surface area contributed by atoms with E-state index in [0.29, 0.717) is 18.9 Å². The smallest absolute Gasteiger partial charge is 0.242 e. The number of aromatic amines is 1. The van der Waals surface area contributed by atoms with Gasteiger partial charge in [0.05, 0.1) is 10.9 Å². The molecule has 2 heterocycles. The second kappa shape index (κ2) is 5.78. The van der Waals surface area contributed by atoms with Crippen LogP contribution in [0.3, 0.4) is 0 Å². The fourth-order valence-electron chi connectivity index (χ4n) is 2.01. The van der Waals surface area contributed by atoms with Crippen molar-refractivity contribution < 1.29 is 8.42 Å². The van der Waals surface area contributed by atoms with E-state index in [4.69, 9.17) is 5.73 Å². The molecule has 0 saturated carbocycles. The number of nitrogens with one attached hydrogen (secondary N) is 2. The summed E-state index contributed by atoms with van der Waals surface area (Å²) < 4.78 is 29.1. The summed E-state index contributed by atoms with van der Waals surface area (Å²) in [7, 11) is -3.59. The number of H-pyrrole nitrogens is 1. The highest BCUT2D eigenvalue weighted by Gasteiger charge is 2.21. The van der Waals surface area contributed by atoms with Crippen LogP contribution in [0.2, 0.25) is 0 Å². The van der Waals surface area contributed by atoms with Crippen molar-refractivity contribution in [1.82, 2.24) is 19.3 Å². The van der Waals surface area contributed by atoms with Gasteiger partial charge in [0.25, 0.3) is 0 Å². The van der Waals surface area contributed by atoms with Gasteiger partial charge in [0.2, 0.25) is 10.0 Å². The molecule has 2 aromatic rings. The molecule has 4 N–H and O–H groups in total. The van der Waals surface area contributed by atoms with Crippen LogP contribution in [0.1, 0.15) is 31.4 Å². The molecule has 0 spiro atoms. The van der Waals surface area contributed by atoms with Crippen LogP contribution in [-0.4, -0.2) is 23.0 Å². The third kappa shape index (κ3) is 2.92. The van der Waals surface area contributed by atoms with Crippen molar-refractivity contribution in [3.05, 3.63) is 36.2 Å². The van der Waals surface area contributed by atoms with E-state index in [1.54, 1.807) is 31.6 Å². The quantitative estimate of drug-likeness (QED) is 0.730. The first-order chi connectivity index (χ1) is 9.47. The summed E-state index contributed by atoms with van der Waals surface area (Å²) in [4.78, 5) is 7.15. The zero-order valence-corrected chi connectivity index (χ0v) is 12.3. The second-order valence-electron chi connectivity index (χ2n) is 4.47. The summed E-state index contributed by atoms with van der Waals surface area (Å²) in [6.07, 6.45) is 4.83. The molecular weight excluding hydrogens is 278 g/mol. The molecule has 7 nitrogen and oxygen atoms in total. The number of nitrogens with two attached hydrogens (primary N) is 1. The lowest BCUT2D eigenvalue weighted by Gasteiger charge is -2.10. The van der Waals surface area contributed by atoms with Crippen LogP contribution in [0.15, 0.2) is 29.6 Å². The van der Waals surface area contributed by atoms with E-state index in [1.165, 1.54) is 0 Å². The average Bonchev–Trinajstić information content (AvgIpc) is 3.07. The van der Waals surface area contributed by atoms with Crippen molar-refractivity contribution in [3.63, 3.8) is 0 Å². The minimum absolute atomic E-state index is 0.221. The van der Waals surface area contributed by atoms with Crippen LogP contribution in [-0.2, 0) is 23.1 Å². The first-order valence-electron chi connectivity index (χ1n) is 6.38. The number of aromatic nitrogens is 3. The number of sulfonamides is 1. The molecule has 110 valence electrons. The maximum Gasteiger partial charge on any atom is 0.242 e. The molecular formula is C12H19N5O2S. The fraction of sp³-hybridized carbons (Fsp3) is 0.417. The number of hydrogen-bond donors (Lipinski definition) is 3. The Morgan fingerprint density at radius 3 is 2.80 bits per heavy atom. The minimum atomic E-state index is -3.59. The number of rotatable bonds is 6. The number of nitrogens with zero attached hydrogens (tertiary/aromatic N) is 2. The van der Waals surface area contributed by atoms with Crippen LogP contribution < -0.4 is 10.5 Å². The number of imidazole rings is 1. The Morgan fingerprint density at radius 2 is 2.30 bits per heavy atom. The Labute approximate surface area is 118 Å². The molecule has 0 fully saturated rings. The van der Waals surface area contributed by atoms with Gasteiger partial charge in [-0.3, -0.25) is 0 Å². The molecule has 2 rings (SSSR count). The second-order valence-corrected chi connectivity index (χ2v) is 6.19. The van der Waals surface area contributed by atoms with Crippen LogP contribution in [0.25, 0.3) is 0 Å². The summed E-state index contributed by atoms with van der Waals surface area (Å²) in [5.74, 6) is 0.572. The van der Waals surface area contributed by atoms with Gasteiger partial charge in [-0.05, 0) is 19.9 Å². The molecule has 0 aliphatic rings. The van der Waals surface area contributed by atoms with Gasteiger partial charge in [-0.25, -0.2) is 18.1 Å². The highest BCUT2D eigenvalue weighted by molar-refractivity contribution is 7.89. The lowest BCUT2D eigenvalue weighted by molar-refractivity contribution is 0.561. The van der Waals surface area contributed by atoms with Crippen LogP contribution in [0, 0.1) is 0 Å². The first-order valence-corrected chi connectivity index (χ1v) is 7.87. The molecule has 0 aliphatic carbocycles. The van der Waals surface area contributed by atoms with Crippen LogP contribution in [0.5, 0.6) is 0 Å². The zero-order valence-electron chi connectivity index (χ0n) is 11.5. The van der Waals surface area contributed by atoms with Gasteiger partial charge in [0.1, 0.15) is 5.82 Å². The predicted octanol–water partition coefficient (Wildman–Crippen LogP) is 0.729. The Kier molecular flexibility index (Phi) is 4.26. The largest absolute Gasteiger partial charge is 0.349 e. The van der Waals surface area contributed by atoms with Gasteiger partial charge >= 0.3 is 0 Å². The molecule has 0 amide bonds. The van der Waals surface area contributed by atoms with Gasteiger partial charge in [0, 0.05) is 37.4 Å². The fourth-order valence-corrected chi connectivity index (χ4v) is 3.28. The Bertz CT molecular complexity index is 639. The highest BCUT2D eigenvalue weighted by Crippen LogP contribution is 2.17. The lowest BCUT2D eigenvalue weighted by atomic mass is 10.3. The van der Waals surface area contributed by atoms with Crippen molar-refractivity contribution in [2.45, 2.75) is 37.9 Å². The first kappa shape index (κ1) is 14.8. The monoisotopic (exact) mass is 297 g/mol. The molecule has 1 atom stereocenters. The van der Waals surface area contributed by atoms with Crippen LogP contribution >= 0.6 is 0 Å². The topological polar surface area (TPSA) is 106 Å². The number of aryl methyl sites for hydroxylation is 1. The summed E-state index contributed by atoms with van der Waals surface area (Å²) >= 11 is 0. The normalized spacial score (nSPS) is 13.6. The Morgan fingerprint density at radius 1 is 1.55 bits per heavy atom. The third-order valence-electron chi connectivity index (χ3n) is 3.08. The Hall–Kier alpha value is -1.64. The molecule has 0 saturated heterocycles. The summed E-state index contributed by atoms with van der Waals surface area (Å²) in [5, 5.41) is 0. The molecule has 0 aromatic carbocycles. The van der Waals surface area contributed by atoms with Crippen molar-refractivity contribution >= 4 is 10.0 Å². The maximum atomic E-state index is 12.3. The molecule has 20 heavy (non-hydrogen) atoms. The minimum Gasteiger partial charge on any atom is -0.349 e. The molecule has 0 bridgehead atoms. The molecule has 8 heteroatoms. The van der Waals surface area contributed by atoms with Gasteiger partial charge < -0.3 is 15.3 Å². The molecule has 1 unspecified atom stereocenters. The van der Waals surface area contributed by atoms with Crippen molar-refractivity contribution in [3.8, 4) is 0 Å². The predicted molar refractivity (Wildman–Crippen MR) is 75.3 cm³/mol. The molecule has 0 radical (unpaired) electrons. The zero-order chi connectivity index (χ0) is 14.8. The van der Waals surface area contributed by atoms with Crippen molar-refractivity contribution in [2.24, 2.45) is 5.73 Å². The van der Waals surface area contributed by atoms with Gasteiger partial charge in [-0.1, -0.05) is 0 Å². The Balaban J connectivity index is 2.24. The SMILES string of the molecule is CCn1cc(S(=O)(=O)NC(C)c2ncc[nH]2)cc1CN. The van der Waals surface area contributed by atoms with E-state index < -0.39 is 16.1 Å². The van der Waals surface area contributed by atoms with Crippen LogP contribution in [0.4, 0.5) is 0 Å². The van der Waals surface area contributed by atoms with Gasteiger partial charge in [-0.2, -0.15) is 0 Å². The highest BCUT2D eigenvalue weighted by atomic mass is 32.2.